The molecule has 2 aromatic rings. The molecule has 1 heterocycles. The van der Waals surface area contributed by atoms with Crippen molar-refractivity contribution in [2.75, 3.05) is 0 Å². The fourth-order valence-corrected chi connectivity index (χ4v) is 2.24. The summed E-state index contributed by atoms with van der Waals surface area (Å²) in [5, 5.41) is 18.2. The molecule has 0 saturated heterocycles. The van der Waals surface area contributed by atoms with E-state index >= 15 is 0 Å². The van der Waals surface area contributed by atoms with Gasteiger partial charge in [0.25, 0.3) is 0 Å². The predicted octanol–water partition coefficient (Wildman–Crippen LogP) is 3.28. The predicted molar refractivity (Wildman–Crippen MR) is 80.2 cm³/mol. The van der Waals surface area contributed by atoms with Crippen LogP contribution in [0.15, 0.2) is 36.5 Å². The highest BCUT2D eigenvalue weighted by Crippen LogP contribution is 2.15. The first-order valence-electron chi connectivity index (χ1n) is 7.43. The van der Waals surface area contributed by atoms with Crippen molar-refractivity contribution >= 4 is 0 Å². The number of hydrogen-bond donors (Lipinski definition) is 1. The Balaban J connectivity index is 1.83. The summed E-state index contributed by atoms with van der Waals surface area (Å²) in [6.07, 6.45) is 7.13. The molecular weight excluding hydrogens is 250 g/mol. The van der Waals surface area contributed by atoms with E-state index in [0.717, 1.165) is 24.1 Å². The molecule has 0 amide bonds. The molecule has 4 nitrogen and oxygen atoms in total. The van der Waals surface area contributed by atoms with Crippen LogP contribution in [0.2, 0.25) is 0 Å². The third-order valence-electron chi connectivity index (χ3n) is 3.40. The summed E-state index contributed by atoms with van der Waals surface area (Å²) >= 11 is 0. The molecule has 0 bridgehead atoms. The molecule has 0 spiro atoms. The van der Waals surface area contributed by atoms with E-state index in [4.69, 9.17) is 0 Å². The highest BCUT2D eigenvalue weighted by molar-refractivity contribution is 5.57. The fourth-order valence-electron chi connectivity index (χ4n) is 2.24. The van der Waals surface area contributed by atoms with Crippen molar-refractivity contribution in [2.45, 2.75) is 51.7 Å². The van der Waals surface area contributed by atoms with Gasteiger partial charge in [-0.15, -0.1) is 5.10 Å². The van der Waals surface area contributed by atoms with Gasteiger partial charge in [0.2, 0.25) is 0 Å². The van der Waals surface area contributed by atoms with Crippen LogP contribution in [-0.4, -0.2) is 26.2 Å². The molecule has 4 heteroatoms. The smallest absolute Gasteiger partial charge is 0.113 e. The van der Waals surface area contributed by atoms with Gasteiger partial charge in [0.15, 0.2) is 0 Å². The summed E-state index contributed by atoms with van der Waals surface area (Å²) in [4.78, 5) is 0. The molecule has 0 aliphatic heterocycles. The van der Waals surface area contributed by atoms with E-state index in [1.807, 2.05) is 36.5 Å². The minimum absolute atomic E-state index is 0.336. The van der Waals surface area contributed by atoms with Crippen LogP contribution in [0.4, 0.5) is 0 Å². The Morgan fingerprint density at radius 1 is 1.15 bits per heavy atom. The van der Waals surface area contributed by atoms with Gasteiger partial charge in [-0.1, -0.05) is 68.2 Å². The van der Waals surface area contributed by atoms with Crippen LogP contribution in [0.25, 0.3) is 11.3 Å². The van der Waals surface area contributed by atoms with Gasteiger partial charge in [-0.2, -0.15) is 0 Å². The standard InChI is InChI=1S/C16H23N3O/c1-2-3-4-8-11-15(20)12-19-13-16(17-18-19)14-9-6-5-7-10-14/h5-7,9-10,13,15,20H,2-4,8,11-12H2,1H3/t15-/m1/s1. The van der Waals surface area contributed by atoms with Gasteiger partial charge in [-0.25, -0.2) is 4.68 Å². The van der Waals surface area contributed by atoms with Crippen molar-refractivity contribution in [3.05, 3.63) is 36.5 Å². The summed E-state index contributed by atoms with van der Waals surface area (Å²) in [7, 11) is 0. The largest absolute Gasteiger partial charge is 0.391 e. The van der Waals surface area contributed by atoms with Crippen molar-refractivity contribution in [3.8, 4) is 11.3 Å². The molecule has 1 atom stereocenters. The molecule has 0 fully saturated rings. The molecule has 1 aromatic heterocycles. The average Bonchev–Trinajstić information content (AvgIpc) is 2.93. The summed E-state index contributed by atoms with van der Waals surface area (Å²) in [6, 6.07) is 9.97. The molecule has 20 heavy (non-hydrogen) atoms. The Morgan fingerprint density at radius 2 is 1.95 bits per heavy atom. The number of nitrogens with zero attached hydrogens (tertiary/aromatic N) is 3. The number of benzene rings is 1. The van der Waals surface area contributed by atoms with Crippen LogP contribution in [0.1, 0.15) is 39.0 Å². The Hall–Kier alpha value is -1.68. The van der Waals surface area contributed by atoms with Gasteiger partial charge in [-0.05, 0) is 6.42 Å². The minimum Gasteiger partial charge on any atom is -0.391 e. The summed E-state index contributed by atoms with van der Waals surface area (Å²) in [5.41, 5.74) is 1.90. The van der Waals surface area contributed by atoms with Gasteiger partial charge >= 0.3 is 0 Å². The first-order valence-corrected chi connectivity index (χ1v) is 7.43. The molecule has 1 aromatic carbocycles. The second-order valence-corrected chi connectivity index (χ2v) is 5.20. The van der Waals surface area contributed by atoms with E-state index in [2.05, 4.69) is 17.2 Å². The topological polar surface area (TPSA) is 50.9 Å². The first-order chi connectivity index (χ1) is 9.79. The van der Waals surface area contributed by atoms with E-state index in [1.54, 1.807) is 4.68 Å². The number of aliphatic hydroxyl groups excluding tert-OH is 1. The Bertz CT molecular complexity index is 495. The van der Waals surface area contributed by atoms with Crippen molar-refractivity contribution in [2.24, 2.45) is 0 Å². The zero-order valence-electron chi connectivity index (χ0n) is 12.1. The van der Waals surface area contributed by atoms with Crippen LogP contribution in [0, 0.1) is 0 Å². The average molecular weight is 273 g/mol. The second kappa shape index (κ2) is 7.80. The highest BCUT2D eigenvalue weighted by Gasteiger charge is 2.08. The Morgan fingerprint density at radius 3 is 2.70 bits per heavy atom. The summed E-state index contributed by atoms with van der Waals surface area (Å²) in [6.45, 7) is 2.71. The van der Waals surface area contributed by atoms with Gasteiger partial charge < -0.3 is 5.11 Å². The minimum atomic E-state index is -0.336. The van der Waals surface area contributed by atoms with Crippen LogP contribution in [-0.2, 0) is 6.54 Å². The number of unbranched alkanes of at least 4 members (excludes halogenated alkanes) is 3. The molecule has 2 rings (SSSR count). The van der Waals surface area contributed by atoms with E-state index in [9.17, 15) is 5.11 Å². The maximum absolute atomic E-state index is 9.99. The highest BCUT2D eigenvalue weighted by atomic mass is 16.3. The molecular formula is C16H23N3O. The van der Waals surface area contributed by atoms with E-state index in [-0.39, 0.29) is 6.10 Å². The van der Waals surface area contributed by atoms with Crippen molar-refractivity contribution in [1.82, 2.24) is 15.0 Å². The Kier molecular flexibility index (Phi) is 5.74. The Labute approximate surface area is 120 Å². The third kappa shape index (κ3) is 4.46. The molecule has 0 saturated carbocycles. The fraction of sp³-hybridized carbons (Fsp3) is 0.500. The van der Waals surface area contributed by atoms with E-state index < -0.39 is 0 Å². The number of aliphatic hydroxyl groups is 1. The lowest BCUT2D eigenvalue weighted by molar-refractivity contribution is 0.135. The summed E-state index contributed by atoms with van der Waals surface area (Å²) in [5.74, 6) is 0. The van der Waals surface area contributed by atoms with E-state index in [0.29, 0.717) is 6.54 Å². The quantitative estimate of drug-likeness (QED) is 0.751. The van der Waals surface area contributed by atoms with Gasteiger partial charge in [0.05, 0.1) is 18.8 Å². The van der Waals surface area contributed by atoms with Crippen molar-refractivity contribution < 1.29 is 5.11 Å². The van der Waals surface area contributed by atoms with Gasteiger partial charge in [0, 0.05) is 5.56 Å². The second-order valence-electron chi connectivity index (χ2n) is 5.20. The molecule has 0 aliphatic rings. The normalized spacial score (nSPS) is 12.5. The SMILES string of the molecule is CCCCCC[C@@H](O)Cn1cc(-c2ccccc2)nn1. The van der Waals surface area contributed by atoms with Crippen LogP contribution in [0.3, 0.4) is 0 Å². The third-order valence-corrected chi connectivity index (χ3v) is 3.40. The number of aromatic nitrogens is 3. The van der Waals surface area contributed by atoms with Crippen molar-refractivity contribution in [1.29, 1.82) is 0 Å². The first kappa shape index (κ1) is 14.7. The summed E-state index contributed by atoms with van der Waals surface area (Å²) < 4.78 is 1.73. The van der Waals surface area contributed by atoms with Crippen LogP contribution >= 0.6 is 0 Å². The van der Waals surface area contributed by atoms with Gasteiger partial charge in [-0.3, -0.25) is 0 Å². The maximum atomic E-state index is 9.99. The lowest BCUT2D eigenvalue weighted by Crippen LogP contribution is -2.16. The molecule has 0 radical (unpaired) electrons. The zero-order valence-corrected chi connectivity index (χ0v) is 12.1. The van der Waals surface area contributed by atoms with Crippen LogP contribution in [0.5, 0.6) is 0 Å². The van der Waals surface area contributed by atoms with Gasteiger partial charge in [0.1, 0.15) is 5.69 Å². The maximum Gasteiger partial charge on any atom is 0.113 e. The molecule has 108 valence electrons. The zero-order chi connectivity index (χ0) is 14.2. The number of rotatable bonds is 8. The molecule has 0 aliphatic carbocycles. The number of hydrogen-bond acceptors (Lipinski definition) is 3. The van der Waals surface area contributed by atoms with Crippen molar-refractivity contribution in [3.63, 3.8) is 0 Å². The van der Waals surface area contributed by atoms with E-state index in [1.165, 1.54) is 19.3 Å². The lowest BCUT2D eigenvalue weighted by atomic mass is 10.1. The molecule has 1 N–H and O–H groups in total. The van der Waals surface area contributed by atoms with Crippen LogP contribution < -0.4 is 0 Å². The molecule has 0 unspecified atom stereocenters. The monoisotopic (exact) mass is 273 g/mol. The lowest BCUT2D eigenvalue weighted by Gasteiger charge is -2.09.